The third-order valence-corrected chi connectivity index (χ3v) is 2.85. The second-order valence-electron chi connectivity index (χ2n) is 3.08. The van der Waals surface area contributed by atoms with Crippen LogP contribution >= 0.6 is 11.3 Å². The molecule has 0 amide bonds. The van der Waals surface area contributed by atoms with E-state index < -0.39 is 0 Å². The molecule has 0 saturated heterocycles. The van der Waals surface area contributed by atoms with Crippen molar-refractivity contribution >= 4 is 17.1 Å². The first kappa shape index (κ1) is 10.8. The van der Waals surface area contributed by atoms with Crippen molar-refractivity contribution in [3.8, 4) is 0 Å². The molecule has 6 heteroatoms. The molecule has 0 aliphatic rings. The maximum Gasteiger partial charge on any atom is 0.232 e. The van der Waals surface area contributed by atoms with Gasteiger partial charge < -0.3 is 5.73 Å². The second kappa shape index (κ2) is 4.91. The molecular formula is C10H10N4OS. The highest BCUT2D eigenvalue weighted by Gasteiger charge is 2.14. The van der Waals surface area contributed by atoms with Crippen molar-refractivity contribution in [2.45, 2.75) is 6.42 Å². The van der Waals surface area contributed by atoms with Crippen molar-refractivity contribution in [2.24, 2.45) is 5.73 Å². The average molecular weight is 234 g/mol. The predicted molar refractivity (Wildman–Crippen MR) is 60.3 cm³/mol. The third-order valence-electron chi connectivity index (χ3n) is 1.94. The minimum absolute atomic E-state index is 0.201. The van der Waals surface area contributed by atoms with E-state index in [1.807, 2.05) is 0 Å². The number of hydrogen-bond acceptors (Lipinski definition) is 6. The van der Waals surface area contributed by atoms with Gasteiger partial charge in [-0.2, -0.15) is 0 Å². The van der Waals surface area contributed by atoms with E-state index in [1.165, 1.54) is 29.9 Å². The van der Waals surface area contributed by atoms with Crippen LogP contribution in [0.15, 0.2) is 24.0 Å². The Morgan fingerprint density at radius 1 is 1.38 bits per heavy atom. The molecule has 0 atom stereocenters. The normalized spacial score (nSPS) is 10.3. The molecule has 2 aromatic rings. The average Bonchev–Trinajstić information content (AvgIpc) is 2.78. The van der Waals surface area contributed by atoms with Crippen molar-refractivity contribution in [2.75, 3.05) is 6.54 Å². The molecule has 0 aliphatic heterocycles. The maximum atomic E-state index is 11.9. The number of hydrogen-bond donors (Lipinski definition) is 1. The number of thiazole rings is 1. The van der Waals surface area contributed by atoms with Crippen LogP contribution in [0.25, 0.3) is 0 Å². The number of nitrogens with two attached hydrogens (primary N) is 1. The lowest BCUT2D eigenvalue weighted by atomic mass is 10.2. The molecule has 2 heterocycles. The zero-order valence-corrected chi connectivity index (χ0v) is 9.28. The van der Waals surface area contributed by atoms with E-state index in [4.69, 9.17) is 5.73 Å². The van der Waals surface area contributed by atoms with Crippen LogP contribution in [-0.2, 0) is 6.42 Å². The number of rotatable bonds is 4. The Morgan fingerprint density at radius 2 is 2.25 bits per heavy atom. The Hall–Kier alpha value is -1.66. The van der Waals surface area contributed by atoms with Gasteiger partial charge in [-0.05, 0) is 6.54 Å². The monoisotopic (exact) mass is 234 g/mol. The largest absolute Gasteiger partial charge is 0.330 e. The van der Waals surface area contributed by atoms with E-state index in [0.717, 1.165) is 5.01 Å². The van der Waals surface area contributed by atoms with E-state index in [2.05, 4.69) is 15.0 Å². The van der Waals surface area contributed by atoms with Crippen LogP contribution in [0.2, 0.25) is 0 Å². The zero-order valence-electron chi connectivity index (χ0n) is 8.46. The summed E-state index contributed by atoms with van der Waals surface area (Å²) < 4.78 is 0. The Balaban J connectivity index is 2.21. The van der Waals surface area contributed by atoms with Gasteiger partial charge in [0.2, 0.25) is 5.78 Å². The van der Waals surface area contributed by atoms with Gasteiger partial charge in [0.25, 0.3) is 0 Å². The Kier molecular flexibility index (Phi) is 3.33. The fourth-order valence-corrected chi connectivity index (χ4v) is 2.00. The Morgan fingerprint density at radius 3 is 2.94 bits per heavy atom. The van der Waals surface area contributed by atoms with E-state index >= 15 is 0 Å². The van der Waals surface area contributed by atoms with E-state index in [0.29, 0.717) is 24.4 Å². The van der Waals surface area contributed by atoms with Gasteiger partial charge in [0.1, 0.15) is 11.4 Å². The summed E-state index contributed by atoms with van der Waals surface area (Å²) in [7, 11) is 0. The molecule has 2 aromatic heterocycles. The highest BCUT2D eigenvalue weighted by atomic mass is 32.1. The SMILES string of the molecule is NCCc1nc(C(=O)c2cnccn2)cs1. The molecule has 5 nitrogen and oxygen atoms in total. The summed E-state index contributed by atoms with van der Waals surface area (Å²) in [4.78, 5) is 23.9. The van der Waals surface area contributed by atoms with Gasteiger partial charge in [0, 0.05) is 24.2 Å². The van der Waals surface area contributed by atoms with Crippen LogP contribution in [0.4, 0.5) is 0 Å². The maximum absolute atomic E-state index is 11.9. The van der Waals surface area contributed by atoms with Crippen LogP contribution < -0.4 is 5.73 Å². The van der Waals surface area contributed by atoms with Crippen LogP contribution in [0, 0.1) is 0 Å². The van der Waals surface area contributed by atoms with Crippen LogP contribution in [0.3, 0.4) is 0 Å². The summed E-state index contributed by atoms with van der Waals surface area (Å²) in [5.74, 6) is -0.201. The van der Waals surface area contributed by atoms with Crippen LogP contribution in [0.1, 0.15) is 21.2 Å². The van der Waals surface area contributed by atoms with Crippen molar-refractivity contribution in [3.05, 3.63) is 40.4 Å². The first-order chi connectivity index (χ1) is 7.81. The van der Waals surface area contributed by atoms with E-state index in [-0.39, 0.29) is 5.78 Å². The number of ketones is 1. The molecule has 16 heavy (non-hydrogen) atoms. The number of carbonyl (C=O) groups is 1. The lowest BCUT2D eigenvalue weighted by Gasteiger charge is -1.94. The second-order valence-corrected chi connectivity index (χ2v) is 4.03. The standard InChI is InChI=1S/C10H10N4OS/c11-2-1-9-14-8(6-16-9)10(15)7-5-12-3-4-13-7/h3-6H,1-2,11H2. The minimum atomic E-state index is -0.201. The molecule has 2 N–H and O–H groups in total. The fraction of sp³-hybridized carbons (Fsp3) is 0.200. The molecule has 0 spiro atoms. The minimum Gasteiger partial charge on any atom is -0.330 e. The molecule has 0 fully saturated rings. The Bertz CT molecular complexity index is 483. The molecule has 2 rings (SSSR count). The zero-order chi connectivity index (χ0) is 11.4. The van der Waals surface area contributed by atoms with Gasteiger partial charge in [-0.25, -0.2) is 9.97 Å². The number of carbonyl (C=O) groups excluding carboxylic acids is 1. The summed E-state index contributed by atoms with van der Waals surface area (Å²) in [6, 6.07) is 0. The van der Waals surface area contributed by atoms with Crippen molar-refractivity contribution < 1.29 is 4.79 Å². The number of aromatic nitrogens is 3. The van der Waals surface area contributed by atoms with Crippen molar-refractivity contribution in [3.63, 3.8) is 0 Å². The van der Waals surface area contributed by atoms with Crippen LogP contribution in [0.5, 0.6) is 0 Å². The molecular weight excluding hydrogens is 224 g/mol. The highest BCUT2D eigenvalue weighted by Crippen LogP contribution is 2.12. The molecule has 0 bridgehead atoms. The first-order valence-corrected chi connectivity index (χ1v) is 5.64. The van der Waals surface area contributed by atoms with Gasteiger partial charge in [-0.3, -0.25) is 9.78 Å². The fourth-order valence-electron chi connectivity index (χ4n) is 1.20. The quantitative estimate of drug-likeness (QED) is 0.786. The van der Waals surface area contributed by atoms with Gasteiger partial charge in [-0.1, -0.05) is 0 Å². The van der Waals surface area contributed by atoms with Gasteiger partial charge in [-0.15, -0.1) is 11.3 Å². The lowest BCUT2D eigenvalue weighted by molar-refractivity contribution is 0.103. The third kappa shape index (κ3) is 2.29. The van der Waals surface area contributed by atoms with Crippen molar-refractivity contribution in [1.29, 1.82) is 0 Å². The first-order valence-electron chi connectivity index (χ1n) is 4.76. The van der Waals surface area contributed by atoms with Gasteiger partial charge >= 0.3 is 0 Å². The molecule has 82 valence electrons. The molecule has 0 saturated carbocycles. The van der Waals surface area contributed by atoms with E-state index in [9.17, 15) is 4.79 Å². The highest BCUT2D eigenvalue weighted by molar-refractivity contribution is 7.09. The summed E-state index contributed by atoms with van der Waals surface area (Å²) >= 11 is 1.44. The van der Waals surface area contributed by atoms with Gasteiger partial charge in [0.05, 0.1) is 11.2 Å². The van der Waals surface area contributed by atoms with Gasteiger partial charge in [0.15, 0.2) is 0 Å². The number of nitrogens with zero attached hydrogens (tertiary/aromatic N) is 3. The molecule has 0 unspecified atom stereocenters. The summed E-state index contributed by atoms with van der Waals surface area (Å²) in [5.41, 5.74) is 6.14. The van der Waals surface area contributed by atoms with E-state index in [1.54, 1.807) is 5.38 Å². The topological polar surface area (TPSA) is 81.8 Å². The lowest BCUT2D eigenvalue weighted by Crippen LogP contribution is -2.06. The predicted octanol–water partition coefficient (Wildman–Crippen LogP) is 0.665. The Labute approximate surface area is 96.4 Å². The summed E-state index contributed by atoms with van der Waals surface area (Å²) in [5, 5.41) is 2.59. The smallest absolute Gasteiger partial charge is 0.232 e. The molecule has 0 radical (unpaired) electrons. The summed E-state index contributed by atoms with van der Waals surface area (Å²) in [6.07, 6.45) is 5.14. The molecule has 0 aliphatic carbocycles. The van der Waals surface area contributed by atoms with Crippen molar-refractivity contribution in [1.82, 2.24) is 15.0 Å². The summed E-state index contributed by atoms with van der Waals surface area (Å²) in [6.45, 7) is 0.534. The molecule has 0 aromatic carbocycles. The van der Waals surface area contributed by atoms with Crippen LogP contribution in [-0.4, -0.2) is 27.3 Å².